The molecule has 0 bridgehead atoms. The number of para-hydroxylation sites is 1. The van der Waals surface area contributed by atoms with Gasteiger partial charge in [-0.05, 0) is 44.6 Å². The number of aromatic nitrogens is 1. The Morgan fingerprint density at radius 3 is 2.58 bits per heavy atom. The molecule has 5 nitrogen and oxygen atoms in total. The van der Waals surface area contributed by atoms with Crippen LogP contribution in [0.4, 0.5) is 8.78 Å². The van der Waals surface area contributed by atoms with Crippen LogP contribution in [0.2, 0.25) is 0 Å². The van der Waals surface area contributed by atoms with Crippen molar-refractivity contribution in [1.29, 1.82) is 0 Å². The average molecular weight is 363 g/mol. The van der Waals surface area contributed by atoms with Gasteiger partial charge < -0.3 is 14.5 Å². The number of carbonyl (C=O) groups is 2. The Hall–Kier alpha value is -2.96. The Balaban J connectivity index is 2.28. The smallest absolute Gasteiger partial charge is 0.387 e. The lowest BCUT2D eigenvalue weighted by Crippen LogP contribution is -2.07. The summed E-state index contributed by atoms with van der Waals surface area (Å²) in [6.45, 7) is 2.28. The predicted molar refractivity (Wildman–Crippen MR) is 92.7 cm³/mol. The summed E-state index contributed by atoms with van der Waals surface area (Å²) >= 11 is 0. The lowest BCUT2D eigenvalue weighted by Gasteiger charge is -2.07. The molecule has 0 saturated heterocycles. The van der Waals surface area contributed by atoms with Gasteiger partial charge in [0.1, 0.15) is 5.75 Å². The van der Waals surface area contributed by atoms with Gasteiger partial charge in [0.05, 0.1) is 17.9 Å². The number of nitrogens with one attached hydrogen (secondary N) is 1. The average Bonchev–Trinajstić information content (AvgIpc) is 2.88. The molecule has 0 aliphatic heterocycles. The Labute approximate surface area is 149 Å². The van der Waals surface area contributed by atoms with Crippen LogP contribution in [0, 0.1) is 13.8 Å². The third kappa shape index (κ3) is 4.36. The van der Waals surface area contributed by atoms with E-state index in [9.17, 15) is 18.4 Å². The molecule has 0 unspecified atom stereocenters. The van der Waals surface area contributed by atoms with E-state index in [0.29, 0.717) is 22.4 Å². The number of hydrogen-bond acceptors (Lipinski definition) is 4. The molecule has 1 N–H and O–H groups in total. The van der Waals surface area contributed by atoms with Crippen LogP contribution in [-0.4, -0.2) is 30.0 Å². The first-order valence-electron chi connectivity index (χ1n) is 7.97. The maximum atomic E-state index is 12.5. The minimum absolute atomic E-state index is 0.0295. The van der Waals surface area contributed by atoms with Crippen molar-refractivity contribution in [1.82, 2.24) is 4.98 Å². The summed E-state index contributed by atoms with van der Waals surface area (Å²) in [7, 11) is 0. The molecule has 0 aliphatic rings. The minimum atomic E-state index is -2.96. The number of allylic oxidation sites excluding steroid dienone is 1. The van der Waals surface area contributed by atoms with Crippen molar-refractivity contribution in [2.45, 2.75) is 27.4 Å². The molecule has 26 heavy (non-hydrogen) atoms. The molecule has 1 aromatic carbocycles. The topological polar surface area (TPSA) is 68.4 Å². The van der Waals surface area contributed by atoms with Gasteiger partial charge in [-0.1, -0.05) is 18.2 Å². The normalized spacial score (nSPS) is 11.2. The third-order valence-electron chi connectivity index (χ3n) is 3.71. The van der Waals surface area contributed by atoms with Gasteiger partial charge in [-0.2, -0.15) is 8.78 Å². The molecule has 1 heterocycles. The van der Waals surface area contributed by atoms with Crippen LogP contribution in [0.15, 0.2) is 30.3 Å². The fourth-order valence-electron chi connectivity index (χ4n) is 2.58. The van der Waals surface area contributed by atoms with Crippen molar-refractivity contribution in [3.63, 3.8) is 0 Å². The van der Waals surface area contributed by atoms with Gasteiger partial charge in [-0.15, -0.1) is 0 Å². The molecule has 0 saturated carbocycles. The lowest BCUT2D eigenvalue weighted by molar-refractivity contribution is -0.0499. The van der Waals surface area contributed by atoms with E-state index in [2.05, 4.69) is 9.72 Å². The number of benzene rings is 1. The summed E-state index contributed by atoms with van der Waals surface area (Å²) in [5.41, 5.74) is 1.92. The van der Waals surface area contributed by atoms with E-state index in [1.54, 1.807) is 39.0 Å². The zero-order valence-electron chi connectivity index (χ0n) is 14.6. The number of aromatic amines is 1. The molecule has 0 spiro atoms. The quantitative estimate of drug-likeness (QED) is 0.452. The summed E-state index contributed by atoms with van der Waals surface area (Å²) in [6.07, 6.45) is 2.63. The third-order valence-corrected chi connectivity index (χ3v) is 3.71. The summed E-state index contributed by atoms with van der Waals surface area (Å²) in [6, 6.07) is 6.14. The van der Waals surface area contributed by atoms with Crippen LogP contribution < -0.4 is 4.74 Å². The van der Waals surface area contributed by atoms with Gasteiger partial charge in [0.15, 0.2) is 0 Å². The number of aryl methyl sites for hydroxylation is 1. The van der Waals surface area contributed by atoms with Gasteiger partial charge >= 0.3 is 12.6 Å². The van der Waals surface area contributed by atoms with Crippen molar-refractivity contribution in [2.75, 3.05) is 6.61 Å². The molecule has 2 rings (SSSR count). The first-order valence-corrected chi connectivity index (χ1v) is 7.97. The molecule has 0 atom stereocenters. The SMILES string of the molecule is CCOC(=O)c1c(C)[nH]c(C(=O)/C=C/c2ccccc2OC(F)F)c1C. The second-order valence-corrected chi connectivity index (χ2v) is 5.46. The van der Waals surface area contributed by atoms with Crippen LogP contribution in [0.3, 0.4) is 0 Å². The van der Waals surface area contributed by atoms with Crippen molar-refractivity contribution in [3.8, 4) is 5.75 Å². The van der Waals surface area contributed by atoms with Gasteiger partial charge in [-0.3, -0.25) is 4.79 Å². The fourth-order valence-corrected chi connectivity index (χ4v) is 2.58. The summed E-state index contributed by atoms with van der Waals surface area (Å²) in [5.74, 6) is -0.927. The molecule has 7 heteroatoms. The van der Waals surface area contributed by atoms with Crippen molar-refractivity contribution in [2.24, 2.45) is 0 Å². The van der Waals surface area contributed by atoms with Crippen LogP contribution in [0.5, 0.6) is 5.75 Å². The van der Waals surface area contributed by atoms with Crippen molar-refractivity contribution in [3.05, 3.63) is 58.4 Å². The van der Waals surface area contributed by atoms with Crippen LogP contribution in [0.1, 0.15) is 44.6 Å². The molecule has 0 aliphatic carbocycles. The summed E-state index contributed by atoms with van der Waals surface area (Å²) in [4.78, 5) is 27.3. The molecule has 0 fully saturated rings. The molecular formula is C19H19F2NO4. The number of rotatable bonds is 7. The standard InChI is InChI=1S/C19H19F2NO4/c1-4-25-18(24)16-11(2)17(22-12(16)3)14(23)10-9-13-7-5-6-8-15(13)26-19(20)21/h5-10,19,22H,4H2,1-3H3/b10-9+. The van der Waals surface area contributed by atoms with Crippen molar-refractivity contribution < 1.29 is 27.8 Å². The highest BCUT2D eigenvalue weighted by Crippen LogP contribution is 2.23. The maximum absolute atomic E-state index is 12.5. The van der Waals surface area contributed by atoms with Crippen LogP contribution >= 0.6 is 0 Å². The van der Waals surface area contributed by atoms with E-state index in [0.717, 1.165) is 0 Å². The van der Waals surface area contributed by atoms with Crippen LogP contribution in [-0.2, 0) is 4.74 Å². The Morgan fingerprint density at radius 2 is 1.92 bits per heavy atom. The number of carbonyl (C=O) groups excluding carboxylic acids is 2. The summed E-state index contributed by atoms with van der Waals surface area (Å²) in [5, 5.41) is 0. The lowest BCUT2D eigenvalue weighted by atomic mass is 10.1. The van der Waals surface area contributed by atoms with Gasteiger partial charge in [0, 0.05) is 11.3 Å². The number of halogens is 2. The zero-order valence-corrected chi connectivity index (χ0v) is 14.6. The number of alkyl halides is 2. The fraction of sp³-hybridized carbons (Fsp3) is 0.263. The van der Waals surface area contributed by atoms with Gasteiger partial charge in [0.25, 0.3) is 0 Å². The number of ketones is 1. The highest BCUT2D eigenvalue weighted by atomic mass is 19.3. The predicted octanol–water partition coefficient (Wildman–Crippen LogP) is 4.31. The summed E-state index contributed by atoms with van der Waals surface area (Å²) < 4.78 is 34.3. The first-order chi connectivity index (χ1) is 12.3. The van der Waals surface area contributed by atoms with Crippen molar-refractivity contribution >= 4 is 17.8 Å². The second-order valence-electron chi connectivity index (χ2n) is 5.46. The molecule has 0 radical (unpaired) electrons. The number of ether oxygens (including phenoxy) is 2. The number of esters is 1. The number of H-pyrrole nitrogens is 1. The first kappa shape index (κ1) is 19.4. The molecule has 0 amide bonds. The van der Waals surface area contributed by atoms with E-state index < -0.39 is 18.4 Å². The largest absolute Gasteiger partial charge is 0.462 e. The monoisotopic (exact) mass is 363 g/mol. The van der Waals surface area contributed by atoms with Crippen LogP contribution in [0.25, 0.3) is 6.08 Å². The maximum Gasteiger partial charge on any atom is 0.387 e. The van der Waals surface area contributed by atoms with Gasteiger partial charge in [-0.25, -0.2) is 4.79 Å². The highest BCUT2D eigenvalue weighted by Gasteiger charge is 2.21. The van der Waals surface area contributed by atoms with E-state index in [1.165, 1.54) is 18.2 Å². The van der Waals surface area contributed by atoms with E-state index >= 15 is 0 Å². The van der Waals surface area contributed by atoms with Gasteiger partial charge in [0.2, 0.25) is 5.78 Å². The highest BCUT2D eigenvalue weighted by molar-refractivity contribution is 6.09. The van der Waals surface area contributed by atoms with E-state index in [1.807, 2.05) is 0 Å². The molecular weight excluding hydrogens is 344 g/mol. The Bertz CT molecular complexity index is 840. The number of hydrogen-bond donors (Lipinski definition) is 1. The van der Waals surface area contributed by atoms with E-state index in [-0.39, 0.29) is 18.1 Å². The molecule has 138 valence electrons. The Kier molecular flexibility index (Phi) is 6.27. The molecule has 2 aromatic rings. The second kappa shape index (κ2) is 8.42. The zero-order chi connectivity index (χ0) is 19.3. The Morgan fingerprint density at radius 1 is 1.23 bits per heavy atom. The minimum Gasteiger partial charge on any atom is -0.462 e. The molecule has 1 aromatic heterocycles. The van der Waals surface area contributed by atoms with E-state index in [4.69, 9.17) is 4.74 Å².